The number of hydrogen-bond acceptors (Lipinski definition) is 2. The molecule has 0 aromatic carbocycles. The Hall–Kier alpha value is -0.600. The van der Waals surface area contributed by atoms with Crippen molar-refractivity contribution in [2.75, 3.05) is 0 Å². The highest BCUT2D eigenvalue weighted by Gasteiger charge is 2.32. The molecule has 0 aliphatic rings. The molecule has 2 nitrogen and oxygen atoms in total. The molecule has 1 aromatic heterocycles. The van der Waals surface area contributed by atoms with Crippen molar-refractivity contribution in [2.45, 2.75) is 6.36 Å². The number of pyridine rings is 1. The van der Waals surface area contributed by atoms with E-state index in [0.717, 1.165) is 6.07 Å². The largest absolute Gasteiger partial charge is 0.573 e. The number of alkyl halides is 3. The minimum absolute atomic E-state index is 0.254. The van der Waals surface area contributed by atoms with Gasteiger partial charge in [0.25, 0.3) is 0 Å². The summed E-state index contributed by atoms with van der Waals surface area (Å²) in [6.07, 6.45) is -4.21. The Labute approximate surface area is 84.1 Å². The van der Waals surface area contributed by atoms with Gasteiger partial charge in [0.1, 0.15) is 3.70 Å². The van der Waals surface area contributed by atoms with E-state index in [9.17, 15) is 17.6 Å². The quantitative estimate of drug-likeness (QED) is 0.452. The molecule has 0 spiro atoms. The maximum Gasteiger partial charge on any atom is 0.573 e. The van der Waals surface area contributed by atoms with Gasteiger partial charge in [-0.1, -0.05) is 0 Å². The summed E-state index contributed by atoms with van der Waals surface area (Å²) < 4.78 is 51.1. The van der Waals surface area contributed by atoms with Crippen LogP contribution in [0.1, 0.15) is 0 Å². The van der Waals surface area contributed by atoms with E-state index >= 15 is 0 Å². The van der Waals surface area contributed by atoms with E-state index in [1.807, 2.05) is 0 Å². The molecule has 0 atom stereocenters. The van der Waals surface area contributed by atoms with Crippen molar-refractivity contribution in [2.24, 2.45) is 0 Å². The summed E-state index contributed by atoms with van der Waals surface area (Å²) in [5.74, 6) is -2.01. The molecule has 0 saturated carbocycles. The van der Waals surface area contributed by atoms with Crippen LogP contribution in [0.25, 0.3) is 0 Å². The van der Waals surface area contributed by atoms with Crippen molar-refractivity contribution >= 4 is 22.6 Å². The number of halogens is 5. The van der Waals surface area contributed by atoms with Crippen LogP contribution in [0, 0.1) is 9.52 Å². The highest BCUT2D eigenvalue weighted by Crippen LogP contribution is 2.24. The minimum atomic E-state index is -4.89. The summed E-state index contributed by atoms with van der Waals surface area (Å²) in [6, 6.07) is 0.849. The summed E-state index contributed by atoms with van der Waals surface area (Å²) in [5.41, 5.74) is 0. The second-order valence-corrected chi connectivity index (χ2v) is 3.09. The van der Waals surface area contributed by atoms with Crippen molar-refractivity contribution < 1.29 is 22.3 Å². The van der Waals surface area contributed by atoms with Crippen molar-refractivity contribution in [1.29, 1.82) is 0 Å². The fourth-order valence-electron chi connectivity index (χ4n) is 0.595. The zero-order valence-electron chi connectivity index (χ0n) is 5.90. The SMILES string of the molecule is Fc1cc(I)ncc1OC(F)(F)F. The van der Waals surface area contributed by atoms with E-state index < -0.39 is 17.9 Å². The lowest BCUT2D eigenvalue weighted by Gasteiger charge is -2.08. The van der Waals surface area contributed by atoms with Crippen LogP contribution in [-0.4, -0.2) is 11.3 Å². The molecule has 0 aliphatic heterocycles. The first-order chi connectivity index (χ1) is 5.88. The summed E-state index contributed by atoms with van der Waals surface area (Å²) in [4.78, 5) is 3.45. The number of ether oxygens (including phenoxy) is 1. The molecule has 0 radical (unpaired) electrons. The number of nitrogens with zero attached hydrogens (tertiary/aromatic N) is 1. The fraction of sp³-hybridized carbons (Fsp3) is 0.167. The third-order valence-corrected chi connectivity index (χ3v) is 1.60. The van der Waals surface area contributed by atoms with Crippen molar-refractivity contribution in [3.05, 3.63) is 21.8 Å². The molecule has 0 fully saturated rings. The molecule has 1 heterocycles. The molecule has 0 saturated heterocycles. The van der Waals surface area contributed by atoms with Gasteiger partial charge >= 0.3 is 6.36 Å². The zero-order chi connectivity index (χ0) is 10.1. The fourth-order valence-corrected chi connectivity index (χ4v) is 1.01. The first kappa shape index (κ1) is 10.5. The lowest BCUT2D eigenvalue weighted by Crippen LogP contribution is -2.18. The number of rotatable bonds is 1. The Balaban J connectivity index is 2.90. The van der Waals surface area contributed by atoms with E-state index in [0.29, 0.717) is 6.20 Å². The average molecular weight is 307 g/mol. The maximum atomic E-state index is 12.7. The number of aromatic nitrogens is 1. The van der Waals surface area contributed by atoms with E-state index in [-0.39, 0.29) is 3.70 Å². The minimum Gasteiger partial charge on any atom is -0.401 e. The van der Waals surface area contributed by atoms with Gasteiger partial charge in [-0.15, -0.1) is 13.2 Å². The molecule has 72 valence electrons. The third-order valence-electron chi connectivity index (χ3n) is 1.01. The normalized spacial score (nSPS) is 11.5. The Morgan fingerprint density at radius 3 is 2.46 bits per heavy atom. The van der Waals surface area contributed by atoms with Crippen LogP contribution in [0.2, 0.25) is 0 Å². The Morgan fingerprint density at radius 2 is 2.00 bits per heavy atom. The van der Waals surface area contributed by atoms with Crippen molar-refractivity contribution in [1.82, 2.24) is 4.98 Å². The zero-order valence-corrected chi connectivity index (χ0v) is 8.06. The summed E-state index contributed by atoms with van der Waals surface area (Å²) in [6.45, 7) is 0. The van der Waals surface area contributed by atoms with Gasteiger partial charge in [0.2, 0.25) is 0 Å². The first-order valence-corrected chi connectivity index (χ1v) is 4.03. The van der Waals surface area contributed by atoms with Gasteiger partial charge in [-0.05, 0) is 22.6 Å². The lowest BCUT2D eigenvalue weighted by atomic mass is 10.4. The molecular weight excluding hydrogens is 305 g/mol. The predicted octanol–water partition coefficient (Wildman–Crippen LogP) is 2.72. The summed E-state index contributed by atoms with van der Waals surface area (Å²) in [5, 5.41) is 0. The molecule has 0 unspecified atom stereocenters. The van der Waals surface area contributed by atoms with Gasteiger partial charge in [-0.3, -0.25) is 0 Å². The van der Waals surface area contributed by atoms with Gasteiger partial charge < -0.3 is 4.74 Å². The highest BCUT2D eigenvalue weighted by atomic mass is 127. The summed E-state index contributed by atoms with van der Waals surface area (Å²) >= 11 is 1.67. The van der Waals surface area contributed by atoms with Gasteiger partial charge in [-0.25, -0.2) is 9.37 Å². The van der Waals surface area contributed by atoms with Gasteiger partial charge in [0.05, 0.1) is 6.20 Å². The van der Waals surface area contributed by atoms with Crippen LogP contribution in [0.15, 0.2) is 12.3 Å². The summed E-state index contributed by atoms with van der Waals surface area (Å²) in [7, 11) is 0. The molecule has 0 bridgehead atoms. The topological polar surface area (TPSA) is 22.1 Å². The molecule has 13 heavy (non-hydrogen) atoms. The van der Waals surface area contributed by atoms with Crippen LogP contribution < -0.4 is 4.74 Å². The van der Waals surface area contributed by atoms with E-state index in [4.69, 9.17) is 0 Å². The van der Waals surface area contributed by atoms with Crippen LogP contribution in [0.5, 0.6) is 5.75 Å². The average Bonchev–Trinajstić information content (AvgIpc) is 1.93. The van der Waals surface area contributed by atoms with Gasteiger partial charge in [0, 0.05) is 6.07 Å². The molecule has 0 amide bonds. The monoisotopic (exact) mass is 307 g/mol. The molecular formula is C6H2F4INO. The van der Waals surface area contributed by atoms with E-state index in [1.165, 1.54) is 0 Å². The molecule has 1 aromatic rings. The first-order valence-electron chi connectivity index (χ1n) is 2.95. The van der Waals surface area contributed by atoms with E-state index in [1.54, 1.807) is 22.6 Å². The smallest absolute Gasteiger partial charge is 0.401 e. The molecule has 0 aliphatic carbocycles. The van der Waals surface area contributed by atoms with Gasteiger partial charge in [-0.2, -0.15) is 0 Å². The molecule has 1 rings (SSSR count). The third kappa shape index (κ3) is 3.33. The Morgan fingerprint density at radius 1 is 1.38 bits per heavy atom. The predicted molar refractivity (Wildman–Crippen MR) is 43.6 cm³/mol. The van der Waals surface area contributed by atoms with Crippen LogP contribution >= 0.6 is 22.6 Å². The number of hydrogen-bond donors (Lipinski definition) is 0. The Bertz CT molecular complexity index is 314. The maximum absolute atomic E-state index is 12.7. The van der Waals surface area contributed by atoms with Crippen molar-refractivity contribution in [3.63, 3.8) is 0 Å². The Kier molecular flexibility index (Phi) is 2.94. The lowest BCUT2D eigenvalue weighted by molar-refractivity contribution is -0.275. The van der Waals surface area contributed by atoms with Crippen LogP contribution in [0.3, 0.4) is 0 Å². The molecule has 0 N–H and O–H groups in total. The second-order valence-electron chi connectivity index (χ2n) is 1.99. The second kappa shape index (κ2) is 3.64. The molecule has 7 heteroatoms. The van der Waals surface area contributed by atoms with Crippen LogP contribution in [0.4, 0.5) is 17.6 Å². The standard InChI is InChI=1S/C6H2F4INO/c7-3-1-5(11)12-2-4(3)13-6(8,9)10/h1-2H. The van der Waals surface area contributed by atoms with E-state index in [2.05, 4.69) is 9.72 Å². The van der Waals surface area contributed by atoms with Crippen LogP contribution in [-0.2, 0) is 0 Å². The van der Waals surface area contributed by atoms with Crippen molar-refractivity contribution in [3.8, 4) is 5.75 Å². The van der Waals surface area contributed by atoms with Gasteiger partial charge in [0.15, 0.2) is 11.6 Å². The highest BCUT2D eigenvalue weighted by molar-refractivity contribution is 14.1.